The molecule has 8 heteroatoms. The number of aromatic nitrogens is 2. The summed E-state index contributed by atoms with van der Waals surface area (Å²) in [5.41, 5.74) is 5.75. The van der Waals surface area contributed by atoms with E-state index in [1.54, 1.807) is 6.33 Å². The molecule has 0 aromatic carbocycles. The largest absolute Gasteiger partial charge is 0.378 e. The van der Waals surface area contributed by atoms with Gasteiger partial charge in [-0.1, -0.05) is 0 Å². The van der Waals surface area contributed by atoms with Crippen LogP contribution in [0.15, 0.2) is 35.5 Å². The van der Waals surface area contributed by atoms with Crippen molar-refractivity contribution in [3.05, 3.63) is 41.8 Å². The molecule has 1 unspecified atom stereocenters. The number of nitrogens with zero attached hydrogens (tertiary/aromatic N) is 4. The molecule has 86 valence electrons. The minimum atomic E-state index is 0.0375. The summed E-state index contributed by atoms with van der Waals surface area (Å²) in [6.07, 6.45) is 7.50. The van der Waals surface area contributed by atoms with Crippen LogP contribution in [0.1, 0.15) is 17.4 Å². The van der Waals surface area contributed by atoms with Crippen molar-refractivity contribution in [2.45, 2.75) is 6.04 Å². The molecular formula is C9H10N8. The second-order valence-corrected chi connectivity index (χ2v) is 3.92. The first kappa shape index (κ1) is 8.79. The molecular weight excluding hydrogens is 220 g/mol. The molecule has 1 aromatic heterocycles. The number of aromatic amines is 1. The molecule has 17 heavy (non-hydrogen) atoms. The fourth-order valence-corrected chi connectivity index (χ4v) is 2.27. The molecule has 4 heterocycles. The normalized spacial score (nSPS) is 24.6. The summed E-state index contributed by atoms with van der Waals surface area (Å²) < 4.78 is 0. The molecule has 0 radical (unpaired) electrons. The van der Waals surface area contributed by atoms with Crippen molar-refractivity contribution in [3.63, 3.8) is 0 Å². The number of rotatable bonds is 0. The molecule has 0 saturated carbocycles. The minimum Gasteiger partial charge on any atom is -0.378 e. The van der Waals surface area contributed by atoms with E-state index in [0.717, 1.165) is 17.1 Å². The number of imidazole rings is 1. The molecule has 0 saturated heterocycles. The quantitative estimate of drug-likeness (QED) is 0.428. The fourth-order valence-electron chi connectivity index (χ4n) is 2.27. The SMILES string of the molecule is NN1N=C2c3nc[nH]c3C3NC=CC=C3N2N1. The molecule has 5 N–H and O–H groups in total. The molecule has 1 atom stereocenters. The van der Waals surface area contributed by atoms with E-state index in [1.807, 2.05) is 23.4 Å². The number of dihydropyridines is 1. The van der Waals surface area contributed by atoms with Gasteiger partial charge in [-0.25, -0.2) is 15.8 Å². The van der Waals surface area contributed by atoms with E-state index in [2.05, 4.69) is 25.9 Å². The van der Waals surface area contributed by atoms with Gasteiger partial charge in [0.25, 0.3) is 0 Å². The van der Waals surface area contributed by atoms with Gasteiger partial charge >= 0.3 is 0 Å². The summed E-state index contributed by atoms with van der Waals surface area (Å²) in [6, 6.07) is 0.0375. The lowest BCUT2D eigenvalue weighted by Gasteiger charge is -2.34. The van der Waals surface area contributed by atoms with Crippen molar-refractivity contribution < 1.29 is 0 Å². The Morgan fingerprint density at radius 2 is 2.35 bits per heavy atom. The van der Waals surface area contributed by atoms with Crippen LogP contribution < -0.4 is 16.7 Å². The Labute approximate surface area is 96.4 Å². The van der Waals surface area contributed by atoms with Gasteiger partial charge < -0.3 is 10.3 Å². The maximum atomic E-state index is 5.63. The number of amidine groups is 1. The number of nitrogens with one attached hydrogen (secondary N) is 3. The van der Waals surface area contributed by atoms with Crippen molar-refractivity contribution in [1.29, 1.82) is 0 Å². The number of fused-ring (bicyclic) bond motifs is 6. The predicted octanol–water partition coefficient (Wildman–Crippen LogP) is -0.962. The second-order valence-electron chi connectivity index (χ2n) is 3.92. The highest BCUT2D eigenvalue weighted by atomic mass is 16.0. The van der Waals surface area contributed by atoms with Crippen LogP contribution in [-0.2, 0) is 0 Å². The van der Waals surface area contributed by atoms with E-state index < -0.39 is 0 Å². The van der Waals surface area contributed by atoms with Gasteiger partial charge in [0.15, 0.2) is 5.84 Å². The zero-order valence-corrected chi connectivity index (χ0v) is 8.75. The summed E-state index contributed by atoms with van der Waals surface area (Å²) in [4.78, 5) is 7.42. The number of nitrogens with two attached hydrogens (primary N) is 1. The van der Waals surface area contributed by atoms with E-state index in [4.69, 9.17) is 5.84 Å². The Bertz CT molecular complexity index is 567. The van der Waals surface area contributed by atoms with Gasteiger partial charge in [-0.3, -0.25) is 0 Å². The first-order chi connectivity index (χ1) is 8.34. The van der Waals surface area contributed by atoms with Gasteiger partial charge in [-0.05, 0) is 18.4 Å². The van der Waals surface area contributed by atoms with Crippen LogP contribution >= 0.6 is 0 Å². The predicted molar refractivity (Wildman–Crippen MR) is 59.2 cm³/mol. The summed E-state index contributed by atoms with van der Waals surface area (Å²) in [7, 11) is 0. The Hall–Kier alpha value is -2.32. The number of allylic oxidation sites excluding steroid dienone is 2. The Morgan fingerprint density at radius 3 is 3.29 bits per heavy atom. The molecule has 0 aliphatic carbocycles. The zero-order chi connectivity index (χ0) is 11.4. The average molecular weight is 230 g/mol. The molecule has 0 spiro atoms. The number of hydrazine groups is 3. The van der Waals surface area contributed by atoms with Crippen LogP contribution in [-0.4, -0.2) is 26.0 Å². The van der Waals surface area contributed by atoms with Crippen LogP contribution in [0.3, 0.4) is 0 Å². The summed E-state index contributed by atoms with van der Waals surface area (Å²) >= 11 is 0. The maximum absolute atomic E-state index is 5.63. The summed E-state index contributed by atoms with van der Waals surface area (Å²) in [6.45, 7) is 0. The third-order valence-corrected chi connectivity index (χ3v) is 2.97. The molecule has 4 rings (SSSR count). The monoisotopic (exact) mass is 230 g/mol. The summed E-state index contributed by atoms with van der Waals surface area (Å²) in [5, 5.41) is 10.5. The molecule has 3 aliphatic rings. The van der Waals surface area contributed by atoms with E-state index in [1.165, 1.54) is 5.23 Å². The number of hydrogen-bond acceptors (Lipinski definition) is 7. The highest BCUT2D eigenvalue weighted by Gasteiger charge is 2.40. The highest BCUT2D eigenvalue weighted by Crippen LogP contribution is 2.34. The number of hydrogen-bond donors (Lipinski definition) is 4. The van der Waals surface area contributed by atoms with Crippen LogP contribution in [0.4, 0.5) is 0 Å². The number of H-pyrrole nitrogens is 1. The minimum absolute atomic E-state index is 0.0375. The van der Waals surface area contributed by atoms with Crippen molar-refractivity contribution >= 4 is 5.84 Å². The lowest BCUT2D eigenvalue weighted by molar-refractivity contribution is 0.130. The van der Waals surface area contributed by atoms with Gasteiger partial charge in [-0.2, -0.15) is 0 Å². The third kappa shape index (κ3) is 1.02. The van der Waals surface area contributed by atoms with Crippen molar-refractivity contribution in [2.24, 2.45) is 10.9 Å². The lowest BCUT2D eigenvalue weighted by atomic mass is 10.0. The van der Waals surface area contributed by atoms with Gasteiger partial charge in [0, 0.05) is 0 Å². The van der Waals surface area contributed by atoms with Gasteiger partial charge in [0.1, 0.15) is 11.7 Å². The lowest BCUT2D eigenvalue weighted by Crippen LogP contribution is -2.50. The van der Waals surface area contributed by atoms with Crippen LogP contribution in [0.5, 0.6) is 0 Å². The first-order valence-electron chi connectivity index (χ1n) is 5.21. The zero-order valence-electron chi connectivity index (χ0n) is 8.75. The molecule has 1 aromatic rings. The Kier molecular flexibility index (Phi) is 1.48. The second kappa shape index (κ2) is 2.87. The van der Waals surface area contributed by atoms with Crippen molar-refractivity contribution in [2.75, 3.05) is 0 Å². The van der Waals surface area contributed by atoms with Gasteiger partial charge in [0.2, 0.25) is 0 Å². The first-order valence-corrected chi connectivity index (χ1v) is 5.21. The topological polar surface area (TPSA) is 97.6 Å². The van der Waals surface area contributed by atoms with Gasteiger partial charge in [-0.15, -0.1) is 15.9 Å². The van der Waals surface area contributed by atoms with Crippen molar-refractivity contribution in [1.82, 2.24) is 31.1 Å². The van der Waals surface area contributed by atoms with E-state index in [9.17, 15) is 0 Å². The summed E-state index contributed by atoms with van der Waals surface area (Å²) in [5.74, 6) is 6.33. The highest BCUT2D eigenvalue weighted by molar-refractivity contribution is 6.01. The molecule has 8 nitrogen and oxygen atoms in total. The smallest absolute Gasteiger partial charge is 0.200 e. The van der Waals surface area contributed by atoms with Crippen molar-refractivity contribution in [3.8, 4) is 0 Å². The Morgan fingerprint density at radius 1 is 1.41 bits per heavy atom. The molecule has 0 amide bonds. The van der Waals surface area contributed by atoms with E-state index in [0.29, 0.717) is 5.84 Å². The van der Waals surface area contributed by atoms with E-state index in [-0.39, 0.29) is 6.04 Å². The maximum Gasteiger partial charge on any atom is 0.200 e. The standard InChI is InChI=1S/C9H10N8/c10-17-14-9-8-7(12-4-13-8)6-5(16(9)15-17)2-1-3-11-6/h1-4,6,11,15H,10H2,(H,12,13). The molecule has 3 aliphatic heterocycles. The average Bonchev–Trinajstić information content (AvgIpc) is 2.94. The van der Waals surface area contributed by atoms with Gasteiger partial charge in [0.05, 0.1) is 17.7 Å². The van der Waals surface area contributed by atoms with Crippen LogP contribution in [0.25, 0.3) is 0 Å². The van der Waals surface area contributed by atoms with E-state index >= 15 is 0 Å². The third-order valence-electron chi connectivity index (χ3n) is 2.97. The molecule has 0 fully saturated rings. The van der Waals surface area contributed by atoms with Crippen LogP contribution in [0.2, 0.25) is 0 Å². The van der Waals surface area contributed by atoms with Crippen LogP contribution in [0, 0.1) is 0 Å². The molecule has 0 bridgehead atoms. The fraction of sp³-hybridized carbons (Fsp3) is 0.111. The number of hydrazone groups is 1. The Balaban J connectivity index is 1.95.